The molecule has 2 rings (SSSR count). The zero-order chi connectivity index (χ0) is 9.97. The summed E-state index contributed by atoms with van der Waals surface area (Å²) in [6.45, 7) is 4.22. The van der Waals surface area contributed by atoms with Gasteiger partial charge in [-0.05, 0) is 42.0 Å². The Balaban J connectivity index is 2.14. The largest absolute Gasteiger partial charge is 0.0950 e. The minimum Gasteiger partial charge on any atom is -0.0950 e. The second-order valence-corrected chi connectivity index (χ2v) is 4.93. The summed E-state index contributed by atoms with van der Waals surface area (Å²) in [6, 6.07) is 8.50. The third-order valence-corrected chi connectivity index (χ3v) is 3.59. The normalized spacial score (nSPS) is 17.2. The molecule has 1 aromatic rings. The molecule has 0 radical (unpaired) electrons. The maximum atomic E-state index is 4.22. The summed E-state index contributed by atoms with van der Waals surface area (Å²) in [5, 5.41) is 0. The van der Waals surface area contributed by atoms with Crippen LogP contribution in [0.2, 0.25) is 0 Å². The predicted molar refractivity (Wildman–Crippen MR) is 65.1 cm³/mol. The summed E-state index contributed by atoms with van der Waals surface area (Å²) >= 11 is 3.45. The van der Waals surface area contributed by atoms with Crippen molar-refractivity contribution >= 4 is 21.5 Å². The van der Waals surface area contributed by atoms with Gasteiger partial charge in [0, 0.05) is 4.47 Å². The Morgan fingerprint density at radius 1 is 1.14 bits per heavy atom. The van der Waals surface area contributed by atoms with Crippen LogP contribution in [0.15, 0.2) is 35.3 Å². The summed E-state index contributed by atoms with van der Waals surface area (Å²) in [5.74, 6) is 0.733. The monoisotopic (exact) mass is 250 g/mol. The van der Waals surface area contributed by atoms with E-state index in [1.807, 2.05) is 0 Å². The second-order valence-electron chi connectivity index (χ2n) is 4.01. The van der Waals surface area contributed by atoms with Gasteiger partial charge in [-0.1, -0.05) is 47.5 Å². The Morgan fingerprint density at radius 3 is 2.29 bits per heavy atom. The molecule has 0 amide bonds. The third kappa shape index (κ3) is 2.09. The summed E-state index contributed by atoms with van der Waals surface area (Å²) in [7, 11) is 0. The van der Waals surface area contributed by atoms with E-state index in [1.165, 1.54) is 36.8 Å². The lowest BCUT2D eigenvalue weighted by molar-refractivity contribution is 0.707. The molecule has 0 bridgehead atoms. The molecule has 1 aliphatic carbocycles. The lowest BCUT2D eigenvalue weighted by atomic mass is 9.93. The first-order valence-electron chi connectivity index (χ1n) is 5.22. The van der Waals surface area contributed by atoms with Gasteiger partial charge in [-0.3, -0.25) is 0 Å². The van der Waals surface area contributed by atoms with Gasteiger partial charge in [0.2, 0.25) is 0 Å². The molecule has 0 unspecified atom stereocenters. The molecule has 0 spiro atoms. The predicted octanol–water partition coefficient (Wildman–Crippen LogP) is 4.65. The van der Waals surface area contributed by atoms with Gasteiger partial charge in [0.1, 0.15) is 0 Å². The van der Waals surface area contributed by atoms with E-state index in [1.54, 1.807) is 0 Å². The van der Waals surface area contributed by atoms with Crippen molar-refractivity contribution in [3.8, 4) is 0 Å². The molecule has 1 heteroatoms. The average Bonchev–Trinajstić information content (AvgIpc) is 2.71. The molecule has 1 fully saturated rings. The van der Waals surface area contributed by atoms with Crippen molar-refractivity contribution in [3.05, 3.63) is 40.9 Å². The van der Waals surface area contributed by atoms with Crippen LogP contribution in [0.4, 0.5) is 0 Å². The van der Waals surface area contributed by atoms with E-state index in [-0.39, 0.29) is 0 Å². The van der Waals surface area contributed by atoms with E-state index in [9.17, 15) is 0 Å². The van der Waals surface area contributed by atoms with E-state index >= 15 is 0 Å². The van der Waals surface area contributed by atoms with Crippen molar-refractivity contribution < 1.29 is 0 Å². The summed E-state index contributed by atoms with van der Waals surface area (Å²) < 4.78 is 1.14. The van der Waals surface area contributed by atoms with Crippen LogP contribution in [0.1, 0.15) is 31.2 Å². The SMILES string of the molecule is C=C(c1ccc(Br)cc1)C1CCCC1. The van der Waals surface area contributed by atoms with Crippen molar-refractivity contribution in [2.45, 2.75) is 25.7 Å². The first kappa shape index (κ1) is 9.97. The Bertz CT molecular complexity index is 318. The molecule has 1 aliphatic rings. The summed E-state index contributed by atoms with van der Waals surface area (Å²) in [4.78, 5) is 0. The summed E-state index contributed by atoms with van der Waals surface area (Å²) in [5.41, 5.74) is 2.63. The second kappa shape index (κ2) is 4.31. The Hall–Kier alpha value is -0.560. The number of hydrogen-bond donors (Lipinski definition) is 0. The van der Waals surface area contributed by atoms with E-state index < -0.39 is 0 Å². The van der Waals surface area contributed by atoms with Gasteiger partial charge < -0.3 is 0 Å². The van der Waals surface area contributed by atoms with Gasteiger partial charge in [-0.2, -0.15) is 0 Å². The van der Waals surface area contributed by atoms with Gasteiger partial charge in [-0.15, -0.1) is 0 Å². The van der Waals surface area contributed by atoms with Crippen LogP contribution in [-0.2, 0) is 0 Å². The van der Waals surface area contributed by atoms with Crippen molar-refractivity contribution in [2.24, 2.45) is 5.92 Å². The fraction of sp³-hybridized carbons (Fsp3) is 0.385. The molecule has 1 aromatic carbocycles. The molecule has 0 heterocycles. The number of hydrogen-bond acceptors (Lipinski definition) is 0. The molecule has 0 atom stereocenters. The van der Waals surface area contributed by atoms with Crippen LogP contribution in [0, 0.1) is 5.92 Å². The molecular formula is C13H15Br. The Labute approximate surface area is 94.2 Å². The quantitative estimate of drug-likeness (QED) is 0.717. The highest BCUT2D eigenvalue weighted by Gasteiger charge is 2.18. The fourth-order valence-electron chi connectivity index (χ4n) is 2.17. The first-order chi connectivity index (χ1) is 6.77. The van der Waals surface area contributed by atoms with Gasteiger partial charge in [0.15, 0.2) is 0 Å². The Kier molecular flexibility index (Phi) is 3.07. The Morgan fingerprint density at radius 2 is 1.71 bits per heavy atom. The van der Waals surface area contributed by atoms with Crippen molar-refractivity contribution in [2.75, 3.05) is 0 Å². The highest BCUT2D eigenvalue weighted by Crippen LogP contribution is 2.35. The van der Waals surface area contributed by atoms with Crippen LogP contribution in [0.3, 0.4) is 0 Å². The highest BCUT2D eigenvalue weighted by molar-refractivity contribution is 9.10. The molecule has 1 saturated carbocycles. The standard InChI is InChI=1S/C13H15Br/c1-10(11-4-2-3-5-11)12-6-8-13(14)9-7-12/h6-9,11H,1-5H2. The fourth-order valence-corrected chi connectivity index (χ4v) is 2.44. The van der Waals surface area contributed by atoms with Crippen molar-refractivity contribution in [1.82, 2.24) is 0 Å². The molecule has 0 nitrogen and oxygen atoms in total. The molecule has 0 N–H and O–H groups in total. The van der Waals surface area contributed by atoms with Crippen LogP contribution in [-0.4, -0.2) is 0 Å². The molecular weight excluding hydrogens is 236 g/mol. The van der Waals surface area contributed by atoms with E-state index in [0.717, 1.165) is 10.4 Å². The maximum Gasteiger partial charge on any atom is 0.0175 e. The number of halogens is 1. The minimum absolute atomic E-state index is 0.733. The number of rotatable bonds is 2. The van der Waals surface area contributed by atoms with Gasteiger partial charge >= 0.3 is 0 Å². The van der Waals surface area contributed by atoms with Crippen LogP contribution >= 0.6 is 15.9 Å². The van der Waals surface area contributed by atoms with Crippen LogP contribution < -0.4 is 0 Å². The van der Waals surface area contributed by atoms with E-state index in [4.69, 9.17) is 0 Å². The van der Waals surface area contributed by atoms with Gasteiger partial charge in [-0.25, -0.2) is 0 Å². The van der Waals surface area contributed by atoms with Gasteiger partial charge in [0.05, 0.1) is 0 Å². The zero-order valence-corrected chi connectivity index (χ0v) is 9.89. The molecule has 0 saturated heterocycles. The van der Waals surface area contributed by atoms with Crippen LogP contribution in [0.25, 0.3) is 5.57 Å². The molecule has 0 aromatic heterocycles. The zero-order valence-electron chi connectivity index (χ0n) is 8.30. The first-order valence-corrected chi connectivity index (χ1v) is 6.01. The van der Waals surface area contributed by atoms with Gasteiger partial charge in [0.25, 0.3) is 0 Å². The van der Waals surface area contributed by atoms with Crippen molar-refractivity contribution in [1.29, 1.82) is 0 Å². The number of allylic oxidation sites excluding steroid dienone is 1. The molecule has 74 valence electrons. The van der Waals surface area contributed by atoms with E-state index in [0.29, 0.717) is 0 Å². The smallest absolute Gasteiger partial charge is 0.0175 e. The molecule has 14 heavy (non-hydrogen) atoms. The minimum atomic E-state index is 0.733. The number of benzene rings is 1. The highest BCUT2D eigenvalue weighted by atomic mass is 79.9. The lowest BCUT2D eigenvalue weighted by Crippen LogP contribution is -1.96. The maximum absolute atomic E-state index is 4.22. The molecule has 0 aliphatic heterocycles. The average molecular weight is 251 g/mol. The summed E-state index contributed by atoms with van der Waals surface area (Å²) in [6.07, 6.45) is 5.41. The van der Waals surface area contributed by atoms with E-state index in [2.05, 4.69) is 46.8 Å². The third-order valence-electron chi connectivity index (χ3n) is 3.06. The van der Waals surface area contributed by atoms with Crippen molar-refractivity contribution in [3.63, 3.8) is 0 Å². The topological polar surface area (TPSA) is 0 Å². The van der Waals surface area contributed by atoms with Crippen LogP contribution in [0.5, 0.6) is 0 Å². The lowest BCUT2D eigenvalue weighted by Gasteiger charge is -2.12.